The van der Waals surface area contributed by atoms with Crippen LogP contribution in [0.4, 0.5) is 4.39 Å². The number of amidine groups is 1. The lowest BCUT2D eigenvalue weighted by Crippen LogP contribution is -2.06. The van der Waals surface area contributed by atoms with Crippen LogP contribution in [-0.4, -0.2) is 18.1 Å². The molecule has 1 aromatic rings. The van der Waals surface area contributed by atoms with Gasteiger partial charge < -0.3 is 0 Å². The van der Waals surface area contributed by atoms with Crippen molar-refractivity contribution in [2.45, 2.75) is 25.7 Å². The van der Waals surface area contributed by atoms with E-state index in [4.69, 9.17) is 0 Å². The summed E-state index contributed by atoms with van der Waals surface area (Å²) in [7, 11) is 0. The fraction of sp³-hybridized carbons (Fsp3) is 0.429. The van der Waals surface area contributed by atoms with Gasteiger partial charge in [-0.3, -0.25) is 4.99 Å². The molecule has 0 saturated heterocycles. The second-order valence-electron chi connectivity index (χ2n) is 4.72. The van der Waals surface area contributed by atoms with Gasteiger partial charge in [0.05, 0.1) is 12.3 Å². The fourth-order valence-electron chi connectivity index (χ4n) is 2.57. The molecule has 0 spiro atoms. The summed E-state index contributed by atoms with van der Waals surface area (Å²) in [5.74, 6) is 1.37. The molecule has 17 heavy (non-hydrogen) atoms. The molecule has 1 aliphatic carbocycles. The highest BCUT2D eigenvalue weighted by Gasteiger charge is 2.23. The quantitative estimate of drug-likeness (QED) is 0.745. The SMILES string of the molecule is Fc1ccc(C2=NC(C3CCCC3)=NC2)cc1. The molecular formula is C14H15FN2. The largest absolute Gasteiger partial charge is 0.264 e. The van der Waals surface area contributed by atoms with Crippen LogP contribution in [0.2, 0.25) is 0 Å². The van der Waals surface area contributed by atoms with E-state index in [-0.39, 0.29) is 5.82 Å². The maximum absolute atomic E-state index is 12.8. The summed E-state index contributed by atoms with van der Waals surface area (Å²) in [6, 6.07) is 6.51. The van der Waals surface area contributed by atoms with E-state index in [1.54, 1.807) is 12.1 Å². The summed E-state index contributed by atoms with van der Waals surface area (Å²) in [6.45, 7) is 0.650. The van der Waals surface area contributed by atoms with Crippen molar-refractivity contribution in [2.75, 3.05) is 6.54 Å². The van der Waals surface area contributed by atoms with Crippen molar-refractivity contribution < 1.29 is 4.39 Å². The third-order valence-corrected chi connectivity index (χ3v) is 3.54. The van der Waals surface area contributed by atoms with E-state index in [1.165, 1.54) is 37.8 Å². The number of nitrogens with zero attached hydrogens (tertiary/aromatic N) is 2. The van der Waals surface area contributed by atoms with Crippen molar-refractivity contribution >= 4 is 11.5 Å². The molecule has 2 nitrogen and oxygen atoms in total. The van der Waals surface area contributed by atoms with Gasteiger partial charge in [0.15, 0.2) is 0 Å². The Bertz CT molecular complexity index is 468. The molecule has 0 aromatic heterocycles. The lowest BCUT2D eigenvalue weighted by molar-refractivity contribution is 0.628. The molecule has 1 aromatic carbocycles. The molecule has 88 valence electrons. The molecule has 3 rings (SSSR count). The maximum atomic E-state index is 12.8. The van der Waals surface area contributed by atoms with Gasteiger partial charge in [-0.1, -0.05) is 25.0 Å². The Morgan fingerprint density at radius 2 is 1.76 bits per heavy atom. The fourth-order valence-corrected chi connectivity index (χ4v) is 2.57. The molecule has 1 heterocycles. The van der Waals surface area contributed by atoms with Crippen molar-refractivity contribution in [3.63, 3.8) is 0 Å². The lowest BCUT2D eigenvalue weighted by Gasteiger charge is -2.04. The molecule has 2 aliphatic rings. The number of aliphatic imine (C=N–C) groups is 2. The smallest absolute Gasteiger partial charge is 0.127 e. The summed E-state index contributed by atoms with van der Waals surface area (Å²) >= 11 is 0. The van der Waals surface area contributed by atoms with Crippen LogP contribution < -0.4 is 0 Å². The highest BCUT2D eigenvalue weighted by molar-refractivity contribution is 6.13. The van der Waals surface area contributed by atoms with Crippen molar-refractivity contribution in [1.82, 2.24) is 0 Å². The van der Waals surface area contributed by atoms with Crippen LogP contribution in [0.3, 0.4) is 0 Å². The first-order chi connectivity index (χ1) is 8.33. The zero-order valence-electron chi connectivity index (χ0n) is 9.69. The van der Waals surface area contributed by atoms with Crippen molar-refractivity contribution in [3.8, 4) is 0 Å². The average Bonchev–Trinajstić information content (AvgIpc) is 3.00. The third kappa shape index (κ3) is 2.14. The Labute approximate surface area is 100 Å². The standard InChI is InChI=1S/C14H15FN2/c15-12-7-5-10(6-8-12)13-9-16-14(17-13)11-3-1-2-4-11/h5-8,11H,1-4,9H2. The second-order valence-corrected chi connectivity index (χ2v) is 4.72. The van der Waals surface area contributed by atoms with E-state index in [0.717, 1.165) is 17.1 Å². The molecular weight excluding hydrogens is 215 g/mol. The second kappa shape index (κ2) is 4.40. The first kappa shape index (κ1) is 10.6. The third-order valence-electron chi connectivity index (χ3n) is 3.54. The molecule has 0 amide bonds. The number of benzene rings is 1. The predicted molar refractivity (Wildman–Crippen MR) is 67.2 cm³/mol. The highest BCUT2D eigenvalue weighted by Crippen LogP contribution is 2.28. The molecule has 3 heteroatoms. The van der Waals surface area contributed by atoms with E-state index < -0.39 is 0 Å². The van der Waals surface area contributed by atoms with Crippen LogP contribution in [0.5, 0.6) is 0 Å². The van der Waals surface area contributed by atoms with Crippen molar-refractivity contribution in [2.24, 2.45) is 15.9 Å². The van der Waals surface area contributed by atoms with Gasteiger partial charge in [-0.2, -0.15) is 0 Å². The Morgan fingerprint density at radius 1 is 1.06 bits per heavy atom. The molecule has 0 bridgehead atoms. The zero-order valence-corrected chi connectivity index (χ0v) is 9.69. The summed E-state index contributed by atoms with van der Waals surface area (Å²) < 4.78 is 12.8. The van der Waals surface area contributed by atoms with Gasteiger partial charge in [-0.25, -0.2) is 9.38 Å². The van der Waals surface area contributed by atoms with E-state index in [2.05, 4.69) is 9.98 Å². The van der Waals surface area contributed by atoms with Gasteiger partial charge in [0.25, 0.3) is 0 Å². The minimum Gasteiger partial charge on any atom is -0.264 e. The number of rotatable bonds is 2. The number of hydrogen-bond donors (Lipinski definition) is 0. The van der Waals surface area contributed by atoms with Gasteiger partial charge >= 0.3 is 0 Å². The van der Waals surface area contributed by atoms with Crippen LogP contribution in [-0.2, 0) is 0 Å². The monoisotopic (exact) mass is 230 g/mol. The molecule has 0 radical (unpaired) electrons. The molecule has 0 N–H and O–H groups in total. The minimum absolute atomic E-state index is 0.204. The Balaban J connectivity index is 1.78. The van der Waals surface area contributed by atoms with Crippen molar-refractivity contribution in [3.05, 3.63) is 35.6 Å². The topological polar surface area (TPSA) is 24.7 Å². The minimum atomic E-state index is -0.204. The normalized spacial score (nSPS) is 20.5. The maximum Gasteiger partial charge on any atom is 0.127 e. The molecule has 0 unspecified atom stereocenters. The first-order valence-corrected chi connectivity index (χ1v) is 6.21. The zero-order chi connectivity index (χ0) is 11.7. The first-order valence-electron chi connectivity index (χ1n) is 6.21. The van der Waals surface area contributed by atoms with Crippen LogP contribution in [0, 0.1) is 11.7 Å². The number of hydrogen-bond acceptors (Lipinski definition) is 2. The Kier molecular flexibility index (Phi) is 2.75. The summed E-state index contributed by atoms with van der Waals surface area (Å²) in [5.41, 5.74) is 1.97. The van der Waals surface area contributed by atoms with E-state index in [1.807, 2.05) is 0 Å². The molecule has 1 saturated carbocycles. The van der Waals surface area contributed by atoms with Crippen LogP contribution in [0.1, 0.15) is 31.2 Å². The lowest BCUT2D eigenvalue weighted by atomic mass is 10.1. The summed E-state index contributed by atoms with van der Waals surface area (Å²) in [6.07, 6.45) is 5.04. The Hall–Kier alpha value is -1.51. The van der Waals surface area contributed by atoms with Crippen LogP contribution >= 0.6 is 0 Å². The molecule has 0 atom stereocenters. The van der Waals surface area contributed by atoms with Crippen molar-refractivity contribution in [1.29, 1.82) is 0 Å². The average molecular weight is 230 g/mol. The van der Waals surface area contributed by atoms with Crippen LogP contribution in [0.25, 0.3) is 0 Å². The summed E-state index contributed by atoms with van der Waals surface area (Å²) in [5, 5.41) is 0. The summed E-state index contributed by atoms with van der Waals surface area (Å²) in [4.78, 5) is 9.13. The van der Waals surface area contributed by atoms with Gasteiger partial charge in [0.2, 0.25) is 0 Å². The van der Waals surface area contributed by atoms with Gasteiger partial charge in [-0.15, -0.1) is 0 Å². The molecule has 1 fully saturated rings. The van der Waals surface area contributed by atoms with E-state index in [9.17, 15) is 4.39 Å². The van der Waals surface area contributed by atoms with E-state index >= 15 is 0 Å². The Morgan fingerprint density at radius 3 is 2.47 bits per heavy atom. The van der Waals surface area contributed by atoms with Gasteiger partial charge in [0.1, 0.15) is 11.7 Å². The highest BCUT2D eigenvalue weighted by atomic mass is 19.1. The number of halogens is 1. The molecule has 1 aliphatic heterocycles. The van der Waals surface area contributed by atoms with Gasteiger partial charge in [0, 0.05) is 5.92 Å². The van der Waals surface area contributed by atoms with Gasteiger partial charge in [-0.05, 0) is 30.5 Å². The predicted octanol–water partition coefficient (Wildman–Crippen LogP) is 3.22. The van der Waals surface area contributed by atoms with E-state index in [0.29, 0.717) is 12.5 Å². The van der Waals surface area contributed by atoms with Crippen LogP contribution in [0.15, 0.2) is 34.3 Å².